The highest BCUT2D eigenvalue weighted by Gasteiger charge is 2.09. The van der Waals surface area contributed by atoms with Gasteiger partial charge in [-0.3, -0.25) is 4.79 Å². The van der Waals surface area contributed by atoms with E-state index >= 15 is 0 Å². The molecule has 0 N–H and O–H groups in total. The minimum absolute atomic E-state index is 0.0932. The van der Waals surface area contributed by atoms with Crippen LogP contribution in [0, 0.1) is 0 Å². The van der Waals surface area contributed by atoms with Crippen LogP contribution in [0.4, 0.5) is 0 Å². The zero-order valence-electron chi connectivity index (χ0n) is 11.5. The predicted molar refractivity (Wildman–Crippen MR) is 67.0 cm³/mol. The van der Waals surface area contributed by atoms with Gasteiger partial charge in [0.1, 0.15) is 6.10 Å². The number of esters is 1. The lowest BCUT2D eigenvalue weighted by Crippen LogP contribution is -2.24. The normalized spacial score (nSPS) is 14.4. The first kappa shape index (κ1) is 16.4. The van der Waals surface area contributed by atoms with Crippen LogP contribution in [0.3, 0.4) is 0 Å². The van der Waals surface area contributed by atoms with E-state index in [4.69, 9.17) is 14.2 Å². The summed E-state index contributed by atoms with van der Waals surface area (Å²) >= 11 is 0. The molecule has 0 radical (unpaired) electrons. The van der Waals surface area contributed by atoms with Gasteiger partial charge in [-0.15, -0.1) is 0 Å². The van der Waals surface area contributed by atoms with Crippen LogP contribution in [-0.4, -0.2) is 38.0 Å². The van der Waals surface area contributed by atoms with Crippen LogP contribution in [-0.2, 0) is 19.0 Å². The van der Waals surface area contributed by atoms with Gasteiger partial charge >= 0.3 is 5.97 Å². The molecule has 2 atom stereocenters. The lowest BCUT2D eigenvalue weighted by atomic mass is 10.3. The molecule has 0 aliphatic rings. The Morgan fingerprint density at radius 1 is 1.12 bits per heavy atom. The van der Waals surface area contributed by atoms with Crippen molar-refractivity contribution in [2.24, 2.45) is 0 Å². The summed E-state index contributed by atoms with van der Waals surface area (Å²) in [6.07, 6.45) is 2.52. The monoisotopic (exact) mass is 246 g/mol. The molecule has 0 fully saturated rings. The summed E-state index contributed by atoms with van der Waals surface area (Å²) in [5.74, 6) is -0.187. The zero-order valence-corrected chi connectivity index (χ0v) is 11.5. The molecule has 0 spiro atoms. The Labute approximate surface area is 105 Å². The van der Waals surface area contributed by atoms with E-state index in [1.807, 2.05) is 13.8 Å². The number of hydrogen-bond acceptors (Lipinski definition) is 4. The fraction of sp³-hybridized carbons (Fsp3) is 0.923. The van der Waals surface area contributed by atoms with Crippen molar-refractivity contribution < 1.29 is 19.0 Å². The first-order valence-corrected chi connectivity index (χ1v) is 6.48. The molecule has 0 saturated carbocycles. The highest BCUT2D eigenvalue weighted by molar-refractivity contribution is 5.69. The second kappa shape index (κ2) is 10.5. The Kier molecular flexibility index (Phi) is 10.2. The van der Waals surface area contributed by atoms with Gasteiger partial charge in [-0.2, -0.15) is 0 Å². The number of unbranched alkanes of at least 4 members (excludes halogenated alkanes) is 1. The number of hydrogen-bond donors (Lipinski definition) is 0. The van der Waals surface area contributed by atoms with Crippen molar-refractivity contribution in [3.8, 4) is 0 Å². The van der Waals surface area contributed by atoms with Crippen molar-refractivity contribution in [3.05, 3.63) is 0 Å². The summed E-state index contributed by atoms with van der Waals surface area (Å²) in [4.78, 5) is 11.0. The van der Waals surface area contributed by atoms with E-state index in [-0.39, 0.29) is 18.2 Å². The molecule has 0 bridgehead atoms. The van der Waals surface area contributed by atoms with Gasteiger partial charge in [0.2, 0.25) is 0 Å². The van der Waals surface area contributed by atoms with E-state index in [2.05, 4.69) is 6.92 Å². The predicted octanol–water partition coefficient (Wildman–Crippen LogP) is 2.55. The fourth-order valence-electron chi connectivity index (χ4n) is 1.22. The average Bonchev–Trinajstić information content (AvgIpc) is 2.29. The second-order valence-corrected chi connectivity index (χ2v) is 4.23. The maximum absolute atomic E-state index is 11.0. The Hall–Kier alpha value is -0.610. The highest BCUT2D eigenvalue weighted by Crippen LogP contribution is 1.99. The van der Waals surface area contributed by atoms with E-state index in [1.165, 1.54) is 0 Å². The fourth-order valence-corrected chi connectivity index (χ4v) is 1.22. The summed E-state index contributed by atoms with van der Waals surface area (Å²) in [7, 11) is 0. The van der Waals surface area contributed by atoms with E-state index in [0.29, 0.717) is 19.6 Å². The molecule has 0 rings (SSSR count). The van der Waals surface area contributed by atoms with Crippen LogP contribution in [0.15, 0.2) is 0 Å². The third kappa shape index (κ3) is 10.3. The molecule has 0 amide bonds. The minimum atomic E-state index is -0.190. The van der Waals surface area contributed by atoms with Gasteiger partial charge in [-0.1, -0.05) is 20.3 Å². The van der Waals surface area contributed by atoms with Gasteiger partial charge in [0.05, 0.1) is 19.3 Å². The number of carbonyl (C=O) groups excluding carboxylic acids is 1. The van der Waals surface area contributed by atoms with Crippen molar-refractivity contribution in [1.29, 1.82) is 0 Å². The van der Waals surface area contributed by atoms with Gasteiger partial charge < -0.3 is 14.2 Å². The van der Waals surface area contributed by atoms with Crippen molar-refractivity contribution in [2.75, 3.05) is 19.8 Å². The topological polar surface area (TPSA) is 44.8 Å². The van der Waals surface area contributed by atoms with E-state index in [9.17, 15) is 4.79 Å². The first-order chi connectivity index (χ1) is 8.10. The molecule has 4 nitrogen and oxygen atoms in total. The smallest absolute Gasteiger partial charge is 0.305 e. The molecule has 17 heavy (non-hydrogen) atoms. The van der Waals surface area contributed by atoms with Gasteiger partial charge in [0, 0.05) is 13.0 Å². The van der Waals surface area contributed by atoms with Gasteiger partial charge in [0.15, 0.2) is 0 Å². The average molecular weight is 246 g/mol. The molecule has 2 unspecified atom stereocenters. The van der Waals surface area contributed by atoms with Crippen molar-refractivity contribution in [2.45, 2.75) is 59.2 Å². The van der Waals surface area contributed by atoms with E-state index in [1.54, 1.807) is 6.92 Å². The minimum Gasteiger partial charge on any atom is -0.460 e. The molecular formula is C13H26O4. The SMILES string of the molecule is CCCCOC(C)COCC(C)OC(=O)CC. The van der Waals surface area contributed by atoms with Crippen LogP contribution in [0.5, 0.6) is 0 Å². The molecule has 4 heteroatoms. The van der Waals surface area contributed by atoms with Crippen molar-refractivity contribution in [1.82, 2.24) is 0 Å². The van der Waals surface area contributed by atoms with Crippen LogP contribution in [0.2, 0.25) is 0 Å². The maximum atomic E-state index is 11.0. The van der Waals surface area contributed by atoms with Gasteiger partial charge in [-0.25, -0.2) is 0 Å². The second-order valence-electron chi connectivity index (χ2n) is 4.23. The molecule has 0 aliphatic carbocycles. The lowest BCUT2D eigenvalue weighted by molar-refractivity contribution is -0.151. The molecule has 0 heterocycles. The summed E-state index contributed by atoms with van der Waals surface area (Å²) in [5, 5.41) is 0. The quantitative estimate of drug-likeness (QED) is 0.439. The van der Waals surface area contributed by atoms with E-state index in [0.717, 1.165) is 19.4 Å². The third-order valence-electron chi connectivity index (χ3n) is 2.23. The van der Waals surface area contributed by atoms with Crippen LogP contribution >= 0.6 is 0 Å². The molecule has 0 aliphatic heterocycles. The number of carbonyl (C=O) groups is 1. The summed E-state index contributed by atoms with van der Waals surface area (Å²) in [6.45, 7) is 9.47. The highest BCUT2D eigenvalue weighted by atomic mass is 16.6. The number of ether oxygens (including phenoxy) is 3. The molecule has 102 valence electrons. The first-order valence-electron chi connectivity index (χ1n) is 6.48. The molecule has 0 saturated heterocycles. The molecular weight excluding hydrogens is 220 g/mol. The Balaban J connectivity index is 3.45. The summed E-state index contributed by atoms with van der Waals surface area (Å²) in [6, 6.07) is 0. The Morgan fingerprint density at radius 3 is 2.35 bits per heavy atom. The molecule has 0 aromatic heterocycles. The van der Waals surface area contributed by atoms with Crippen molar-refractivity contribution >= 4 is 5.97 Å². The number of rotatable bonds is 10. The largest absolute Gasteiger partial charge is 0.460 e. The standard InChI is InChI=1S/C13H26O4/c1-5-7-8-16-11(3)9-15-10-12(4)17-13(14)6-2/h11-12H,5-10H2,1-4H3. The van der Waals surface area contributed by atoms with Crippen molar-refractivity contribution in [3.63, 3.8) is 0 Å². The molecule has 0 aromatic rings. The third-order valence-corrected chi connectivity index (χ3v) is 2.23. The van der Waals surface area contributed by atoms with Crippen LogP contribution in [0.1, 0.15) is 47.0 Å². The Morgan fingerprint density at radius 2 is 1.76 bits per heavy atom. The maximum Gasteiger partial charge on any atom is 0.305 e. The molecule has 0 aromatic carbocycles. The van der Waals surface area contributed by atoms with Gasteiger partial charge in [0.25, 0.3) is 0 Å². The lowest BCUT2D eigenvalue weighted by Gasteiger charge is -2.16. The summed E-state index contributed by atoms with van der Waals surface area (Å²) < 4.78 is 16.0. The van der Waals surface area contributed by atoms with E-state index < -0.39 is 0 Å². The zero-order chi connectivity index (χ0) is 13.1. The van der Waals surface area contributed by atoms with Crippen LogP contribution in [0.25, 0.3) is 0 Å². The Bertz CT molecular complexity index is 194. The van der Waals surface area contributed by atoms with Gasteiger partial charge in [-0.05, 0) is 20.3 Å². The van der Waals surface area contributed by atoms with Crippen LogP contribution < -0.4 is 0 Å². The summed E-state index contributed by atoms with van der Waals surface area (Å²) in [5.41, 5.74) is 0.